The standard InChI is InChI=1S/C16H31N5O/c1-4-17-16(18-13-15-7-6-8-19(15)5-2)21-11-9-20(10-12-21)14(3)22/h15H,4-13H2,1-3H3,(H,17,18). The minimum atomic E-state index is 0.172. The van der Waals surface area contributed by atoms with Gasteiger partial charge >= 0.3 is 0 Å². The van der Waals surface area contributed by atoms with Gasteiger partial charge in [-0.05, 0) is 32.9 Å². The van der Waals surface area contributed by atoms with Gasteiger partial charge in [0, 0.05) is 45.7 Å². The number of nitrogens with zero attached hydrogens (tertiary/aromatic N) is 4. The summed E-state index contributed by atoms with van der Waals surface area (Å²) in [5, 5.41) is 3.41. The van der Waals surface area contributed by atoms with Crippen LogP contribution in [0.4, 0.5) is 0 Å². The third-order valence-electron chi connectivity index (χ3n) is 4.72. The quantitative estimate of drug-likeness (QED) is 0.610. The Balaban J connectivity index is 1.91. The first-order chi connectivity index (χ1) is 10.7. The molecule has 2 aliphatic rings. The summed E-state index contributed by atoms with van der Waals surface area (Å²) in [6.07, 6.45) is 2.55. The minimum absolute atomic E-state index is 0.172. The van der Waals surface area contributed by atoms with Crippen LogP contribution in [0.2, 0.25) is 0 Å². The van der Waals surface area contributed by atoms with Crippen LogP contribution in [0.5, 0.6) is 0 Å². The SMILES string of the molecule is CCNC(=NCC1CCCN1CC)N1CCN(C(C)=O)CC1. The van der Waals surface area contributed by atoms with E-state index < -0.39 is 0 Å². The Labute approximate surface area is 134 Å². The average molecular weight is 309 g/mol. The number of piperazine rings is 1. The number of rotatable bonds is 4. The van der Waals surface area contributed by atoms with Gasteiger partial charge < -0.3 is 15.1 Å². The summed E-state index contributed by atoms with van der Waals surface area (Å²) in [7, 11) is 0. The summed E-state index contributed by atoms with van der Waals surface area (Å²) in [5.41, 5.74) is 0. The summed E-state index contributed by atoms with van der Waals surface area (Å²) in [6.45, 7) is 13.4. The van der Waals surface area contributed by atoms with Crippen molar-refractivity contribution in [3.8, 4) is 0 Å². The number of likely N-dealkylation sites (N-methyl/N-ethyl adjacent to an activating group) is 1. The van der Waals surface area contributed by atoms with Crippen molar-refractivity contribution in [3.63, 3.8) is 0 Å². The summed E-state index contributed by atoms with van der Waals surface area (Å²) in [5.74, 6) is 1.18. The number of amides is 1. The molecular weight excluding hydrogens is 278 g/mol. The van der Waals surface area contributed by atoms with Crippen molar-refractivity contribution >= 4 is 11.9 Å². The van der Waals surface area contributed by atoms with E-state index in [0.29, 0.717) is 6.04 Å². The van der Waals surface area contributed by atoms with Crippen LogP contribution in [0, 0.1) is 0 Å². The monoisotopic (exact) mass is 309 g/mol. The van der Waals surface area contributed by atoms with Crippen LogP contribution in [-0.2, 0) is 4.79 Å². The van der Waals surface area contributed by atoms with Crippen molar-refractivity contribution in [3.05, 3.63) is 0 Å². The fraction of sp³-hybridized carbons (Fsp3) is 0.875. The molecule has 2 saturated heterocycles. The number of hydrogen-bond acceptors (Lipinski definition) is 3. The van der Waals surface area contributed by atoms with Crippen molar-refractivity contribution < 1.29 is 4.79 Å². The van der Waals surface area contributed by atoms with E-state index in [-0.39, 0.29) is 5.91 Å². The summed E-state index contributed by atoms with van der Waals surface area (Å²) < 4.78 is 0. The molecule has 2 heterocycles. The van der Waals surface area contributed by atoms with Gasteiger partial charge in [0.1, 0.15) is 0 Å². The average Bonchev–Trinajstić information content (AvgIpc) is 2.99. The van der Waals surface area contributed by atoms with Crippen molar-refractivity contribution in [2.45, 2.75) is 39.7 Å². The lowest BCUT2D eigenvalue weighted by Gasteiger charge is -2.36. The smallest absolute Gasteiger partial charge is 0.219 e. The number of likely N-dealkylation sites (tertiary alicyclic amines) is 1. The Hall–Kier alpha value is -1.30. The van der Waals surface area contributed by atoms with E-state index in [1.54, 1.807) is 6.92 Å². The Morgan fingerprint density at radius 1 is 1.14 bits per heavy atom. The summed E-state index contributed by atoms with van der Waals surface area (Å²) in [6, 6.07) is 0.595. The number of carbonyl (C=O) groups is 1. The topological polar surface area (TPSA) is 51.2 Å². The first kappa shape index (κ1) is 17.1. The van der Waals surface area contributed by atoms with Crippen molar-refractivity contribution in [1.82, 2.24) is 20.0 Å². The fourth-order valence-corrected chi connectivity index (χ4v) is 3.37. The molecule has 1 unspecified atom stereocenters. The van der Waals surface area contributed by atoms with E-state index in [1.165, 1.54) is 19.4 Å². The second kappa shape index (κ2) is 8.36. The second-order valence-corrected chi connectivity index (χ2v) is 6.11. The molecule has 2 aliphatic heterocycles. The highest BCUT2D eigenvalue weighted by Crippen LogP contribution is 2.16. The first-order valence-electron chi connectivity index (χ1n) is 8.68. The first-order valence-corrected chi connectivity index (χ1v) is 8.68. The molecule has 126 valence electrons. The number of carbonyl (C=O) groups excluding carboxylic acids is 1. The van der Waals surface area contributed by atoms with Gasteiger partial charge in [-0.1, -0.05) is 6.92 Å². The molecule has 0 aliphatic carbocycles. The lowest BCUT2D eigenvalue weighted by molar-refractivity contribution is -0.130. The fourth-order valence-electron chi connectivity index (χ4n) is 3.37. The van der Waals surface area contributed by atoms with E-state index in [9.17, 15) is 4.79 Å². The Morgan fingerprint density at radius 3 is 2.41 bits per heavy atom. The van der Waals surface area contributed by atoms with Gasteiger partial charge in [-0.25, -0.2) is 0 Å². The zero-order valence-corrected chi connectivity index (χ0v) is 14.3. The van der Waals surface area contributed by atoms with Crippen molar-refractivity contribution in [2.24, 2.45) is 4.99 Å². The van der Waals surface area contributed by atoms with Crippen LogP contribution in [0.15, 0.2) is 4.99 Å². The van der Waals surface area contributed by atoms with Gasteiger partial charge in [0.15, 0.2) is 5.96 Å². The summed E-state index contributed by atoms with van der Waals surface area (Å²) >= 11 is 0. The molecule has 1 atom stereocenters. The zero-order valence-electron chi connectivity index (χ0n) is 14.3. The lowest BCUT2D eigenvalue weighted by Crippen LogP contribution is -2.53. The number of hydrogen-bond donors (Lipinski definition) is 1. The van der Waals surface area contributed by atoms with Gasteiger partial charge in [-0.15, -0.1) is 0 Å². The maximum atomic E-state index is 11.4. The molecule has 6 heteroatoms. The van der Waals surface area contributed by atoms with Crippen molar-refractivity contribution in [2.75, 3.05) is 52.4 Å². The molecule has 2 rings (SSSR count). The van der Waals surface area contributed by atoms with Crippen LogP contribution in [0.25, 0.3) is 0 Å². The molecule has 0 saturated carbocycles. The molecule has 1 amide bonds. The molecule has 1 N–H and O–H groups in total. The highest BCUT2D eigenvalue weighted by Gasteiger charge is 2.24. The number of guanidine groups is 1. The molecule has 0 aromatic heterocycles. The maximum Gasteiger partial charge on any atom is 0.219 e. The molecule has 0 bridgehead atoms. The molecule has 0 radical (unpaired) electrons. The van der Waals surface area contributed by atoms with E-state index in [0.717, 1.165) is 51.8 Å². The van der Waals surface area contributed by atoms with Crippen LogP contribution in [0.1, 0.15) is 33.6 Å². The van der Waals surface area contributed by atoms with Crippen molar-refractivity contribution in [1.29, 1.82) is 0 Å². The molecule has 2 fully saturated rings. The minimum Gasteiger partial charge on any atom is -0.357 e. The van der Waals surface area contributed by atoms with Gasteiger partial charge in [-0.2, -0.15) is 0 Å². The predicted octanol–water partition coefficient (Wildman–Crippen LogP) is 0.600. The third-order valence-corrected chi connectivity index (χ3v) is 4.72. The largest absolute Gasteiger partial charge is 0.357 e. The summed E-state index contributed by atoms with van der Waals surface area (Å²) in [4.78, 5) is 23.0. The normalized spacial score (nSPS) is 24.0. The van der Waals surface area contributed by atoms with E-state index >= 15 is 0 Å². The number of aliphatic imine (C=N–C) groups is 1. The zero-order chi connectivity index (χ0) is 15.9. The number of nitrogens with one attached hydrogen (secondary N) is 1. The molecule has 0 aromatic rings. The highest BCUT2D eigenvalue weighted by molar-refractivity contribution is 5.80. The molecule has 0 spiro atoms. The highest BCUT2D eigenvalue weighted by atomic mass is 16.2. The molecule has 22 heavy (non-hydrogen) atoms. The maximum absolute atomic E-state index is 11.4. The van der Waals surface area contributed by atoms with Crippen LogP contribution in [-0.4, -0.2) is 85.0 Å². The molecule has 6 nitrogen and oxygen atoms in total. The molecule has 0 aromatic carbocycles. The van der Waals surface area contributed by atoms with E-state index in [1.807, 2.05) is 4.90 Å². The van der Waals surface area contributed by atoms with Crippen LogP contribution < -0.4 is 5.32 Å². The van der Waals surface area contributed by atoms with Gasteiger partial charge in [0.25, 0.3) is 0 Å². The van der Waals surface area contributed by atoms with E-state index in [2.05, 4.69) is 29.0 Å². The third kappa shape index (κ3) is 4.35. The Morgan fingerprint density at radius 2 is 1.82 bits per heavy atom. The Bertz CT molecular complexity index is 390. The second-order valence-electron chi connectivity index (χ2n) is 6.11. The molecular formula is C16H31N5O. The van der Waals surface area contributed by atoms with Gasteiger partial charge in [-0.3, -0.25) is 14.7 Å². The predicted molar refractivity (Wildman–Crippen MR) is 90.1 cm³/mol. The lowest BCUT2D eigenvalue weighted by atomic mass is 10.2. The van der Waals surface area contributed by atoms with E-state index in [4.69, 9.17) is 4.99 Å². The van der Waals surface area contributed by atoms with Crippen LogP contribution >= 0.6 is 0 Å². The Kier molecular flexibility index (Phi) is 6.49. The van der Waals surface area contributed by atoms with Crippen LogP contribution in [0.3, 0.4) is 0 Å². The van der Waals surface area contributed by atoms with Gasteiger partial charge in [0.2, 0.25) is 5.91 Å². The van der Waals surface area contributed by atoms with Gasteiger partial charge in [0.05, 0.1) is 6.54 Å².